The van der Waals surface area contributed by atoms with Gasteiger partial charge in [-0.2, -0.15) is 0 Å². The first kappa shape index (κ1) is 23.1. The molecule has 0 radical (unpaired) electrons. The summed E-state index contributed by atoms with van der Waals surface area (Å²) in [6, 6.07) is 12.3. The molecular weight excluding hydrogens is 428 g/mol. The third-order valence-corrected chi connectivity index (χ3v) is 6.65. The zero-order chi connectivity index (χ0) is 23.3. The molecule has 1 N–H and O–H groups in total. The van der Waals surface area contributed by atoms with E-state index in [1.54, 1.807) is 18.3 Å². The molecule has 1 heterocycles. The van der Waals surface area contributed by atoms with Crippen LogP contribution in [-0.4, -0.2) is 30.0 Å². The number of oxime groups is 1. The van der Waals surface area contributed by atoms with E-state index in [-0.39, 0.29) is 41.4 Å². The molecule has 2 unspecified atom stereocenters. The Kier molecular flexibility index (Phi) is 7.18. The lowest BCUT2D eigenvalue weighted by Gasteiger charge is -2.37. The Hall–Kier alpha value is -3.06. The van der Waals surface area contributed by atoms with E-state index in [2.05, 4.69) is 11.2 Å². The molecular formula is C26H27F2NO4. The lowest BCUT2D eigenvalue weighted by atomic mass is 9.69. The number of hydrogen-bond donors (Lipinski definition) is 1. The first-order chi connectivity index (χ1) is 16.0. The number of carboxylic acid groups (broad SMARTS) is 1. The number of carbonyl (C=O) groups is 1. The first-order valence-corrected chi connectivity index (χ1v) is 11.2. The highest BCUT2D eigenvalue weighted by molar-refractivity contribution is 5.66. The van der Waals surface area contributed by atoms with Gasteiger partial charge in [-0.05, 0) is 73.6 Å². The average Bonchev–Trinajstić information content (AvgIpc) is 3.36. The highest BCUT2D eigenvalue weighted by Crippen LogP contribution is 2.56. The van der Waals surface area contributed by atoms with Crippen LogP contribution < -0.4 is 4.84 Å². The topological polar surface area (TPSA) is 68.1 Å². The third kappa shape index (κ3) is 5.30. The lowest BCUT2D eigenvalue weighted by molar-refractivity contribution is -0.137. The van der Waals surface area contributed by atoms with Crippen LogP contribution in [0.1, 0.15) is 37.7 Å². The van der Waals surface area contributed by atoms with Crippen LogP contribution in [0.15, 0.2) is 65.8 Å². The molecule has 7 heteroatoms. The molecule has 2 bridgehead atoms. The van der Waals surface area contributed by atoms with Gasteiger partial charge in [0.15, 0.2) is 5.75 Å². The Morgan fingerprint density at radius 3 is 2.76 bits per heavy atom. The second-order valence-electron chi connectivity index (χ2n) is 8.70. The predicted octanol–water partition coefficient (Wildman–Crippen LogP) is 5.50. The van der Waals surface area contributed by atoms with Crippen molar-refractivity contribution in [3.05, 3.63) is 77.9 Å². The fourth-order valence-corrected chi connectivity index (χ4v) is 5.05. The predicted molar refractivity (Wildman–Crippen MR) is 120 cm³/mol. The molecule has 0 spiro atoms. The normalized spacial score (nSPS) is 26.4. The number of rotatable bonds is 10. The van der Waals surface area contributed by atoms with Gasteiger partial charge in [0.25, 0.3) is 0 Å². The van der Waals surface area contributed by atoms with Crippen molar-refractivity contribution in [2.75, 3.05) is 6.61 Å². The summed E-state index contributed by atoms with van der Waals surface area (Å²) in [6.45, 7) is 0.516. The molecule has 2 fully saturated rings. The molecule has 1 saturated heterocycles. The lowest BCUT2D eigenvalue weighted by Crippen LogP contribution is -2.40. The van der Waals surface area contributed by atoms with Crippen LogP contribution >= 0.6 is 0 Å². The van der Waals surface area contributed by atoms with Crippen LogP contribution in [0.4, 0.5) is 8.78 Å². The molecule has 1 aliphatic heterocycles. The van der Waals surface area contributed by atoms with Crippen molar-refractivity contribution in [2.24, 2.45) is 17.0 Å². The largest absolute Gasteiger partial charge is 0.481 e. The van der Waals surface area contributed by atoms with Crippen molar-refractivity contribution in [3.63, 3.8) is 0 Å². The molecule has 4 rings (SSSR count). The van der Waals surface area contributed by atoms with Crippen LogP contribution in [0.5, 0.6) is 5.75 Å². The summed E-state index contributed by atoms with van der Waals surface area (Å²) in [6.07, 6.45) is 8.71. The minimum atomic E-state index is -0.795. The summed E-state index contributed by atoms with van der Waals surface area (Å²) in [5.74, 6) is -0.895. The van der Waals surface area contributed by atoms with Gasteiger partial charge in [-0.15, -0.1) is 0 Å². The van der Waals surface area contributed by atoms with Crippen molar-refractivity contribution < 1.29 is 28.3 Å². The Morgan fingerprint density at radius 1 is 1.18 bits per heavy atom. The summed E-state index contributed by atoms with van der Waals surface area (Å²) in [7, 11) is 0. The molecule has 33 heavy (non-hydrogen) atoms. The zero-order valence-electron chi connectivity index (χ0n) is 18.2. The second-order valence-corrected chi connectivity index (χ2v) is 8.70. The zero-order valence-corrected chi connectivity index (χ0v) is 18.2. The van der Waals surface area contributed by atoms with Gasteiger partial charge in [0.2, 0.25) is 0 Å². The fraction of sp³-hybridized carbons (Fsp3) is 0.385. The number of unbranched alkanes of at least 4 members (excludes halogenated alkanes) is 1. The highest BCUT2D eigenvalue weighted by Gasteiger charge is 2.58. The van der Waals surface area contributed by atoms with Gasteiger partial charge in [-0.25, -0.2) is 8.78 Å². The number of aliphatic carboxylic acids is 1. The highest BCUT2D eigenvalue weighted by atomic mass is 19.1. The van der Waals surface area contributed by atoms with Crippen LogP contribution in [-0.2, 0) is 14.9 Å². The van der Waals surface area contributed by atoms with Crippen molar-refractivity contribution in [1.29, 1.82) is 0 Å². The van der Waals surface area contributed by atoms with Crippen molar-refractivity contribution >= 4 is 12.2 Å². The molecule has 1 saturated carbocycles. The number of halogens is 2. The maximum atomic E-state index is 14.1. The summed E-state index contributed by atoms with van der Waals surface area (Å²) >= 11 is 0. The molecule has 0 aromatic heterocycles. The van der Waals surface area contributed by atoms with Crippen molar-refractivity contribution in [1.82, 2.24) is 0 Å². The number of fused-ring (bicyclic) bond motifs is 2. The third-order valence-electron chi connectivity index (χ3n) is 6.65. The first-order valence-electron chi connectivity index (χ1n) is 11.2. The van der Waals surface area contributed by atoms with Gasteiger partial charge in [-0.1, -0.05) is 29.4 Å². The van der Waals surface area contributed by atoms with Crippen molar-refractivity contribution in [3.8, 4) is 5.75 Å². The Morgan fingerprint density at radius 2 is 2.00 bits per heavy atom. The number of hydrogen-bond acceptors (Lipinski definition) is 4. The molecule has 2 aromatic carbocycles. The Balaban J connectivity index is 1.51. The SMILES string of the molecule is O=C(O)CCC/C=C/C[C@H]1[C@H](/C=N/Oc2ccc(F)cc2)C2CC1(c1cccc(F)c1)CO2. The molecule has 2 aliphatic rings. The van der Waals surface area contributed by atoms with Gasteiger partial charge in [0.1, 0.15) is 11.6 Å². The monoisotopic (exact) mass is 455 g/mol. The molecule has 5 nitrogen and oxygen atoms in total. The molecule has 4 atom stereocenters. The number of benzene rings is 2. The van der Waals surface area contributed by atoms with Gasteiger partial charge < -0.3 is 14.7 Å². The average molecular weight is 456 g/mol. The van der Waals surface area contributed by atoms with E-state index in [1.807, 2.05) is 12.1 Å². The number of ether oxygens (including phenoxy) is 1. The molecule has 1 aliphatic carbocycles. The molecule has 0 amide bonds. The molecule has 2 aromatic rings. The maximum Gasteiger partial charge on any atom is 0.303 e. The van der Waals surface area contributed by atoms with Crippen LogP contribution in [0.3, 0.4) is 0 Å². The summed E-state index contributed by atoms with van der Waals surface area (Å²) in [5, 5.41) is 12.9. The van der Waals surface area contributed by atoms with Crippen molar-refractivity contribution in [2.45, 2.75) is 43.6 Å². The van der Waals surface area contributed by atoms with Crippen LogP contribution in [0.2, 0.25) is 0 Å². The summed E-state index contributed by atoms with van der Waals surface area (Å²) in [4.78, 5) is 16.1. The minimum absolute atomic E-state index is 0.0360. The van der Waals surface area contributed by atoms with Crippen LogP contribution in [0.25, 0.3) is 0 Å². The van der Waals surface area contributed by atoms with E-state index in [9.17, 15) is 13.6 Å². The van der Waals surface area contributed by atoms with Gasteiger partial charge in [0.05, 0.1) is 18.9 Å². The van der Waals surface area contributed by atoms with E-state index in [1.165, 1.54) is 30.3 Å². The van der Waals surface area contributed by atoms with Gasteiger partial charge >= 0.3 is 5.97 Å². The Labute approximate surface area is 191 Å². The standard InChI is InChI=1S/C26H27F2NO4/c27-19-10-12-21(13-11-19)33-29-16-22-23(8-3-1-2-4-9-25(30)31)26(15-24(22)32-17-26)18-6-5-7-20(28)14-18/h1,3,5-7,10-14,16,22-24H,2,4,8-9,15,17H2,(H,30,31)/b3-1+,29-16+/t22-,23-,24?,26?/m0/s1. The second kappa shape index (κ2) is 10.3. The van der Waals surface area contributed by atoms with Gasteiger partial charge in [-0.3, -0.25) is 4.79 Å². The van der Waals surface area contributed by atoms with E-state index in [4.69, 9.17) is 14.7 Å². The van der Waals surface area contributed by atoms with Gasteiger partial charge in [0, 0.05) is 17.8 Å². The number of nitrogens with zero attached hydrogens (tertiary/aromatic N) is 1. The van der Waals surface area contributed by atoms with Crippen LogP contribution in [0, 0.1) is 23.5 Å². The fourth-order valence-electron chi connectivity index (χ4n) is 5.05. The smallest absolute Gasteiger partial charge is 0.303 e. The number of allylic oxidation sites excluding steroid dienone is 2. The minimum Gasteiger partial charge on any atom is -0.481 e. The van der Waals surface area contributed by atoms with E-state index in [0.717, 1.165) is 18.4 Å². The summed E-state index contributed by atoms with van der Waals surface area (Å²) in [5.41, 5.74) is 0.592. The summed E-state index contributed by atoms with van der Waals surface area (Å²) < 4.78 is 33.2. The number of carboxylic acids is 1. The van der Waals surface area contributed by atoms with E-state index < -0.39 is 5.97 Å². The maximum absolute atomic E-state index is 14.1. The Bertz CT molecular complexity index is 1020. The van der Waals surface area contributed by atoms with E-state index in [0.29, 0.717) is 25.2 Å². The molecule has 174 valence electrons. The van der Waals surface area contributed by atoms with E-state index >= 15 is 0 Å². The quantitative estimate of drug-likeness (QED) is 0.222.